The van der Waals surface area contributed by atoms with E-state index < -0.39 is 17.7 Å². The van der Waals surface area contributed by atoms with Gasteiger partial charge in [-0.05, 0) is 66.9 Å². The van der Waals surface area contributed by atoms with Crippen LogP contribution in [0.15, 0.2) is 70.9 Å². The lowest BCUT2D eigenvalue weighted by molar-refractivity contribution is -0.140. The van der Waals surface area contributed by atoms with Gasteiger partial charge in [-0.1, -0.05) is 25.5 Å². The number of carbonyl (C=O) groups is 2. The Balaban J connectivity index is 1.59. The van der Waals surface area contributed by atoms with Gasteiger partial charge in [0.05, 0.1) is 31.0 Å². The maximum absolute atomic E-state index is 13.3. The van der Waals surface area contributed by atoms with Crippen molar-refractivity contribution < 1.29 is 28.6 Å². The number of hydrogen-bond acceptors (Lipinski definition) is 6. The van der Waals surface area contributed by atoms with Crippen molar-refractivity contribution in [3.05, 3.63) is 88.9 Å². The van der Waals surface area contributed by atoms with Gasteiger partial charge in [0.1, 0.15) is 29.1 Å². The van der Waals surface area contributed by atoms with Gasteiger partial charge in [0.15, 0.2) is 0 Å². The number of furan rings is 1. The number of aliphatic hydroxyl groups is 1. The van der Waals surface area contributed by atoms with Crippen LogP contribution in [0.25, 0.3) is 5.76 Å². The van der Waals surface area contributed by atoms with Gasteiger partial charge in [-0.3, -0.25) is 9.59 Å². The van der Waals surface area contributed by atoms with E-state index in [2.05, 4.69) is 6.92 Å². The van der Waals surface area contributed by atoms with Crippen molar-refractivity contribution in [3.63, 3.8) is 0 Å². The molecule has 0 bridgehead atoms. The van der Waals surface area contributed by atoms with Gasteiger partial charge in [-0.2, -0.15) is 0 Å². The third-order valence-electron chi connectivity index (χ3n) is 6.56. The molecule has 1 aromatic heterocycles. The van der Waals surface area contributed by atoms with E-state index in [1.807, 2.05) is 37.3 Å². The highest BCUT2D eigenvalue weighted by molar-refractivity contribution is 6.46. The summed E-state index contributed by atoms with van der Waals surface area (Å²) in [4.78, 5) is 28.0. The summed E-state index contributed by atoms with van der Waals surface area (Å²) in [5.41, 5.74) is 2.15. The Hall–Kier alpha value is -4.00. The molecule has 0 radical (unpaired) electrons. The molecule has 3 heterocycles. The topological polar surface area (TPSA) is 89.2 Å². The first-order valence-electron chi connectivity index (χ1n) is 12.3. The summed E-state index contributed by atoms with van der Waals surface area (Å²) in [7, 11) is 0. The van der Waals surface area contributed by atoms with E-state index in [1.165, 1.54) is 11.2 Å². The van der Waals surface area contributed by atoms with Gasteiger partial charge in [-0.25, -0.2) is 0 Å². The monoisotopic (exact) mass is 487 g/mol. The van der Waals surface area contributed by atoms with Crippen molar-refractivity contribution in [2.45, 2.75) is 51.8 Å². The van der Waals surface area contributed by atoms with Gasteiger partial charge in [0.2, 0.25) is 0 Å². The lowest BCUT2D eigenvalue weighted by atomic mass is 9.94. The number of ketones is 1. The highest BCUT2D eigenvalue weighted by atomic mass is 16.5. The van der Waals surface area contributed by atoms with Crippen LogP contribution in [-0.4, -0.2) is 34.4 Å². The van der Waals surface area contributed by atoms with Crippen molar-refractivity contribution in [1.82, 2.24) is 4.90 Å². The first-order chi connectivity index (χ1) is 17.5. The largest absolute Gasteiger partial charge is 0.507 e. The number of benzene rings is 2. The zero-order valence-corrected chi connectivity index (χ0v) is 20.4. The molecule has 0 spiro atoms. The second-order valence-electron chi connectivity index (χ2n) is 9.24. The normalized spacial score (nSPS) is 20.4. The summed E-state index contributed by atoms with van der Waals surface area (Å²) in [6.45, 7) is 4.74. The van der Waals surface area contributed by atoms with Crippen LogP contribution in [0.2, 0.25) is 0 Å². The molecule has 0 saturated carbocycles. The minimum Gasteiger partial charge on any atom is -0.507 e. The molecule has 2 aliphatic rings. The zero-order chi connectivity index (χ0) is 25.2. The lowest BCUT2D eigenvalue weighted by Gasteiger charge is -2.25. The minimum atomic E-state index is -0.798. The molecule has 1 amide bonds. The average Bonchev–Trinajstić information content (AvgIpc) is 3.58. The highest BCUT2D eigenvalue weighted by Crippen LogP contribution is 2.42. The smallest absolute Gasteiger partial charge is 0.296 e. The molecule has 3 aromatic rings. The van der Waals surface area contributed by atoms with E-state index in [0.29, 0.717) is 35.7 Å². The van der Waals surface area contributed by atoms with Gasteiger partial charge in [-0.15, -0.1) is 0 Å². The van der Waals surface area contributed by atoms with E-state index >= 15 is 0 Å². The number of carbonyl (C=O) groups excluding carboxylic acids is 2. The molecule has 1 N–H and O–H groups in total. The summed E-state index contributed by atoms with van der Waals surface area (Å²) < 4.78 is 17.1. The third kappa shape index (κ3) is 4.49. The molecule has 5 rings (SSSR count). The van der Waals surface area contributed by atoms with Crippen molar-refractivity contribution in [2.75, 3.05) is 6.61 Å². The highest BCUT2D eigenvalue weighted by Gasteiger charge is 2.46. The number of aliphatic hydroxyl groups excluding tert-OH is 1. The van der Waals surface area contributed by atoms with Crippen LogP contribution in [0, 0.1) is 0 Å². The molecule has 1 saturated heterocycles. The Bertz CT molecular complexity index is 1310. The van der Waals surface area contributed by atoms with Crippen LogP contribution in [0.3, 0.4) is 0 Å². The van der Waals surface area contributed by atoms with E-state index in [0.717, 1.165) is 24.2 Å². The number of Topliss-reactive ketones (excluding diaryl/α,β-unsaturated/α-hetero) is 1. The molecule has 2 atom stereocenters. The maximum atomic E-state index is 13.3. The second kappa shape index (κ2) is 9.93. The predicted octanol–water partition coefficient (Wildman–Crippen LogP) is 5.40. The van der Waals surface area contributed by atoms with Crippen molar-refractivity contribution in [1.29, 1.82) is 0 Å². The molecule has 7 heteroatoms. The fourth-order valence-corrected chi connectivity index (χ4v) is 4.79. The number of rotatable bonds is 8. The summed E-state index contributed by atoms with van der Waals surface area (Å²) in [5.74, 6) is 0.333. The fraction of sp³-hybridized carbons (Fsp3) is 0.310. The van der Waals surface area contributed by atoms with Gasteiger partial charge >= 0.3 is 0 Å². The standard InChI is InChI=1S/C29H29NO6/c1-3-4-12-34-22-8-5-7-19(16-22)26-25(28(32)29(33)30(26)17-23-9-6-13-35-23)27(31)20-10-11-24-21(15-20)14-18(2)36-24/h5-11,13,15-16,18,26,31H,3-4,12,14,17H2,1-2H3/b27-25+/t18-,26+/m1/s1. The molecule has 0 unspecified atom stereocenters. The van der Waals surface area contributed by atoms with Crippen molar-refractivity contribution in [2.24, 2.45) is 0 Å². The first kappa shape index (κ1) is 23.7. The Morgan fingerprint density at radius 3 is 2.78 bits per heavy atom. The van der Waals surface area contributed by atoms with Gasteiger partial charge in [0, 0.05) is 12.0 Å². The molecule has 2 aromatic carbocycles. The Morgan fingerprint density at radius 2 is 2.00 bits per heavy atom. The van der Waals surface area contributed by atoms with E-state index in [1.54, 1.807) is 24.3 Å². The van der Waals surface area contributed by atoms with Crippen LogP contribution >= 0.6 is 0 Å². The maximum Gasteiger partial charge on any atom is 0.296 e. The van der Waals surface area contributed by atoms with Crippen molar-refractivity contribution in [3.8, 4) is 11.5 Å². The molecule has 186 valence electrons. The molecule has 0 aliphatic carbocycles. The fourth-order valence-electron chi connectivity index (χ4n) is 4.79. The summed E-state index contributed by atoms with van der Waals surface area (Å²) in [6, 6.07) is 15.4. The molecular weight excluding hydrogens is 458 g/mol. The summed E-state index contributed by atoms with van der Waals surface area (Å²) >= 11 is 0. The Morgan fingerprint density at radius 1 is 1.14 bits per heavy atom. The quantitative estimate of drug-likeness (QED) is 0.198. The summed E-state index contributed by atoms with van der Waals surface area (Å²) in [6.07, 6.45) is 4.21. The van der Waals surface area contributed by atoms with Crippen LogP contribution in [0.4, 0.5) is 0 Å². The Labute approximate surface area is 209 Å². The molecule has 1 fully saturated rings. The number of nitrogens with zero attached hydrogens (tertiary/aromatic N) is 1. The number of hydrogen-bond donors (Lipinski definition) is 1. The molecular formula is C29H29NO6. The van der Waals surface area contributed by atoms with Crippen molar-refractivity contribution >= 4 is 17.4 Å². The number of unbranched alkanes of at least 4 members (excludes halogenated alkanes) is 1. The lowest BCUT2D eigenvalue weighted by Crippen LogP contribution is -2.29. The summed E-state index contributed by atoms with van der Waals surface area (Å²) in [5, 5.41) is 11.4. The van der Waals surface area contributed by atoms with Gasteiger partial charge < -0.3 is 23.9 Å². The number of amides is 1. The SMILES string of the molecule is CCCCOc1cccc([C@H]2/C(=C(\O)c3ccc4c(c3)C[C@@H](C)O4)C(=O)C(=O)N2Cc2ccco2)c1. The molecule has 2 aliphatic heterocycles. The zero-order valence-electron chi connectivity index (χ0n) is 20.4. The minimum absolute atomic E-state index is 0.0455. The third-order valence-corrected chi connectivity index (χ3v) is 6.56. The van der Waals surface area contributed by atoms with E-state index in [9.17, 15) is 14.7 Å². The average molecular weight is 488 g/mol. The van der Waals surface area contributed by atoms with E-state index in [-0.39, 0.29) is 24.0 Å². The van der Waals surface area contributed by atoms with Gasteiger partial charge in [0.25, 0.3) is 11.7 Å². The van der Waals surface area contributed by atoms with Crippen LogP contribution in [0.1, 0.15) is 55.2 Å². The number of ether oxygens (including phenoxy) is 2. The predicted molar refractivity (Wildman–Crippen MR) is 134 cm³/mol. The van der Waals surface area contributed by atoms with Crippen LogP contribution in [0.5, 0.6) is 11.5 Å². The first-order valence-corrected chi connectivity index (χ1v) is 12.3. The van der Waals surface area contributed by atoms with Crippen LogP contribution in [-0.2, 0) is 22.6 Å². The molecule has 36 heavy (non-hydrogen) atoms. The van der Waals surface area contributed by atoms with E-state index in [4.69, 9.17) is 13.9 Å². The molecule has 7 nitrogen and oxygen atoms in total. The second-order valence-corrected chi connectivity index (χ2v) is 9.24. The number of fused-ring (bicyclic) bond motifs is 1. The number of likely N-dealkylation sites (tertiary alicyclic amines) is 1. The van der Waals surface area contributed by atoms with Crippen LogP contribution < -0.4 is 9.47 Å². The Kier molecular flexibility index (Phi) is 6.55.